The molecule has 2 N–H and O–H groups in total. The molecule has 0 saturated carbocycles. The Hall–Kier alpha value is -2.03. The predicted octanol–water partition coefficient (Wildman–Crippen LogP) is 3.37. The van der Waals surface area contributed by atoms with E-state index in [-0.39, 0.29) is 24.0 Å². The molecule has 28 heavy (non-hydrogen) atoms. The fourth-order valence-corrected chi connectivity index (χ4v) is 2.77. The monoisotopic (exact) mass is 498 g/mol. The van der Waals surface area contributed by atoms with Crippen LogP contribution in [-0.4, -0.2) is 44.8 Å². The van der Waals surface area contributed by atoms with E-state index in [4.69, 9.17) is 9.47 Å². The molecule has 0 spiro atoms. The standard InChI is InChI=1S/C21H30N4O2.HI/c1-5-23-21(25-13-10-18-9-11-22-15-16(18)2)24-12-8-17-6-7-19(26-3)20(14-17)27-4;/h6-7,9,11,14-15H,5,8,10,12-13H2,1-4H3,(H2,23,24,25);1H. The summed E-state index contributed by atoms with van der Waals surface area (Å²) >= 11 is 0. The number of aromatic nitrogens is 1. The van der Waals surface area contributed by atoms with E-state index < -0.39 is 0 Å². The van der Waals surface area contributed by atoms with E-state index >= 15 is 0 Å². The molecule has 6 nitrogen and oxygen atoms in total. The van der Waals surface area contributed by atoms with Gasteiger partial charge < -0.3 is 20.1 Å². The van der Waals surface area contributed by atoms with Gasteiger partial charge in [-0.25, -0.2) is 0 Å². The highest BCUT2D eigenvalue weighted by Gasteiger charge is 2.05. The topological polar surface area (TPSA) is 67.8 Å². The van der Waals surface area contributed by atoms with Crippen LogP contribution < -0.4 is 20.1 Å². The minimum Gasteiger partial charge on any atom is -0.493 e. The number of rotatable bonds is 9. The molecule has 0 aliphatic carbocycles. The first-order chi connectivity index (χ1) is 13.2. The molecule has 2 rings (SSSR count). The first-order valence-corrected chi connectivity index (χ1v) is 9.30. The summed E-state index contributed by atoms with van der Waals surface area (Å²) in [4.78, 5) is 8.80. The molecule has 0 aliphatic heterocycles. The van der Waals surface area contributed by atoms with Gasteiger partial charge >= 0.3 is 0 Å². The number of benzene rings is 1. The van der Waals surface area contributed by atoms with E-state index in [2.05, 4.69) is 46.6 Å². The van der Waals surface area contributed by atoms with E-state index in [1.807, 2.05) is 24.5 Å². The van der Waals surface area contributed by atoms with Crippen molar-refractivity contribution < 1.29 is 9.47 Å². The van der Waals surface area contributed by atoms with Crippen molar-refractivity contribution in [3.8, 4) is 11.5 Å². The molecule has 0 amide bonds. The maximum atomic E-state index is 5.36. The molecule has 2 aromatic rings. The first kappa shape index (κ1) is 24.0. The maximum absolute atomic E-state index is 5.36. The number of methoxy groups -OCH3 is 2. The van der Waals surface area contributed by atoms with Crippen molar-refractivity contribution in [2.24, 2.45) is 4.99 Å². The SMILES string of the molecule is CCNC(=NCCc1ccncc1C)NCCc1ccc(OC)c(OC)c1.I. The third-order valence-electron chi connectivity index (χ3n) is 4.29. The Morgan fingerprint density at radius 2 is 1.86 bits per heavy atom. The smallest absolute Gasteiger partial charge is 0.191 e. The quantitative estimate of drug-likeness (QED) is 0.315. The number of hydrogen-bond acceptors (Lipinski definition) is 4. The molecule has 0 saturated heterocycles. The van der Waals surface area contributed by atoms with Crippen molar-refractivity contribution in [1.82, 2.24) is 15.6 Å². The van der Waals surface area contributed by atoms with Crippen LogP contribution >= 0.6 is 24.0 Å². The van der Waals surface area contributed by atoms with Crippen LogP contribution in [0.25, 0.3) is 0 Å². The van der Waals surface area contributed by atoms with Gasteiger partial charge in [0.05, 0.1) is 14.2 Å². The van der Waals surface area contributed by atoms with Gasteiger partial charge in [-0.15, -0.1) is 24.0 Å². The summed E-state index contributed by atoms with van der Waals surface area (Å²) in [7, 11) is 3.30. The lowest BCUT2D eigenvalue weighted by Crippen LogP contribution is -2.38. The molecule has 0 fully saturated rings. The van der Waals surface area contributed by atoms with Gasteiger partial charge in [0.25, 0.3) is 0 Å². The van der Waals surface area contributed by atoms with Crippen LogP contribution in [0.5, 0.6) is 11.5 Å². The normalized spacial score (nSPS) is 10.8. The molecule has 1 heterocycles. The van der Waals surface area contributed by atoms with Crippen LogP contribution in [0.15, 0.2) is 41.7 Å². The number of nitrogens with zero attached hydrogens (tertiary/aromatic N) is 2. The number of aliphatic imine (C=N–C) groups is 1. The average molecular weight is 498 g/mol. The number of hydrogen-bond donors (Lipinski definition) is 2. The summed E-state index contributed by atoms with van der Waals surface area (Å²) in [6.07, 6.45) is 5.50. The van der Waals surface area contributed by atoms with Crippen LogP contribution in [0.3, 0.4) is 0 Å². The lowest BCUT2D eigenvalue weighted by Gasteiger charge is -2.13. The number of nitrogens with one attached hydrogen (secondary N) is 2. The van der Waals surface area contributed by atoms with E-state index in [1.54, 1.807) is 14.2 Å². The largest absolute Gasteiger partial charge is 0.493 e. The second-order valence-electron chi connectivity index (χ2n) is 6.18. The molecular weight excluding hydrogens is 467 g/mol. The summed E-state index contributed by atoms with van der Waals surface area (Å²) in [5.41, 5.74) is 3.68. The third-order valence-corrected chi connectivity index (χ3v) is 4.29. The van der Waals surface area contributed by atoms with E-state index in [1.165, 1.54) is 16.7 Å². The number of guanidine groups is 1. The molecule has 0 radical (unpaired) electrons. The van der Waals surface area contributed by atoms with Gasteiger partial charge in [-0.3, -0.25) is 9.98 Å². The molecule has 0 bridgehead atoms. The van der Waals surface area contributed by atoms with Gasteiger partial charge in [-0.05, 0) is 61.6 Å². The number of aryl methyl sites for hydroxylation is 1. The molecular formula is C21H31IN4O2. The van der Waals surface area contributed by atoms with Crippen LogP contribution in [-0.2, 0) is 12.8 Å². The van der Waals surface area contributed by atoms with Gasteiger partial charge in [-0.2, -0.15) is 0 Å². The molecule has 1 aromatic heterocycles. The van der Waals surface area contributed by atoms with Crippen LogP contribution in [0.2, 0.25) is 0 Å². The summed E-state index contributed by atoms with van der Waals surface area (Å²) in [5, 5.41) is 6.68. The van der Waals surface area contributed by atoms with Gasteiger partial charge in [0.15, 0.2) is 17.5 Å². The Balaban J connectivity index is 0.00000392. The third kappa shape index (κ3) is 7.53. The van der Waals surface area contributed by atoms with Gasteiger partial charge in [0.2, 0.25) is 0 Å². The summed E-state index contributed by atoms with van der Waals surface area (Å²) < 4.78 is 10.6. The van der Waals surface area contributed by atoms with Crippen LogP contribution in [0, 0.1) is 6.92 Å². The van der Waals surface area contributed by atoms with Crippen molar-refractivity contribution in [1.29, 1.82) is 0 Å². The fourth-order valence-electron chi connectivity index (χ4n) is 2.77. The minimum atomic E-state index is 0. The van der Waals surface area contributed by atoms with E-state index in [9.17, 15) is 0 Å². The number of halogens is 1. The molecule has 0 unspecified atom stereocenters. The summed E-state index contributed by atoms with van der Waals surface area (Å²) in [6, 6.07) is 8.06. The van der Waals surface area contributed by atoms with E-state index in [0.29, 0.717) is 0 Å². The zero-order valence-electron chi connectivity index (χ0n) is 17.1. The first-order valence-electron chi connectivity index (χ1n) is 9.30. The highest BCUT2D eigenvalue weighted by Crippen LogP contribution is 2.27. The van der Waals surface area contributed by atoms with Crippen LogP contribution in [0.1, 0.15) is 23.6 Å². The van der Waals surface area contributed by atoms with Crippen molar-refractivity contribution in [2.75, 3.05) is 33.9 Å². The number of pyridine rings is 1. The number of ether oxygens (including phenoxy) is 2. The van der Waals surface area contributed by atoms with Gasteiger partial charge in [0.1, 0.15) is 0 Å². The molecule has 154 valence electrons. The zero-order chi connectivity index (χ0) is 19.5. The minimum absolute atomic E-state index is 0. The molecule has 7 heteroatoms. The molecule has 0 atom stereocenters. The van der Waals surface area contributed by atoms with Crippen molar-refractivity contribution in [2.45, 2.75) is 26.7 Å². The van der Waals surface area contributed by atoms with E-state index in [0.717, 1.165) is 49.9 Å². The van der Waals surface area contributed by atoms with Crippen molar-refractivity contribution in [3.63, 3.8) is 0 Å². The van der Waals surface area contributed by atoms with Gasteiger partial charge in [0, 0.05) is 32.0 Å². The van der Waals surface area contributed by atoms with Crippen molar-refractivity contribution in [3.05, 3.63) is 53.3 Å². The van der Waals surface area contributed by atoms with Gasteiger partial charge in [-0.1, -0.05) is 6.07 Å². The Labute approximate surface area is 185 Å². The Morgan fingerprint density at radius 3 is 2.54 bits per heavy atom. The lowest BCUT2D eigenvalue weighted by atomic mass is 10.1. The molecule has 0 aliphatic rings. The predicted molar refractivity (Wildman–Crippen MR) is 125 cm³/mol. The second kappa shape index (κ2) is 13.2. The lowest BCUT2D eigenvalue weighted by molar-refractivity contribution is 0.354. The Kier molecular flexibility index (Phi) is 11.3. The Morgan fingerprint density at radius 1 is 1.07 bits per heavy atom. The summed E-state index contributed by atoms with van der Waals surface area (Å²) in [5.74, 6) is 2.34. The maximum Gasteiger partial charge on any atom is 0.191 e. The second-order valence-corrected chi connectivity index (χ2v) is 6.18. The molecule has 1 aromatic carbocycles. The highest BCUT2D eigenvalue weighted by molar-refractivity contribution is 14.0. The summed E-state index contributed by atoms with van der Waals surface area (Å²) in [6.45, 7) is 6.50. The average Bonchev–Trinajstić information content (AvgIpc) is 2.69. The Bertz CT molecular complexity index is 753. The highest BCUT2D eigenvalue weighted by atomic mass is 127. The zero-order valence-corrected chi connectivity index (χ0v) is 19.4. The fraction of sp³-hybridized carbons (Fsp3) is 0.429. The van der Waals surface area contributed by atoms with Crippen LogP contribution in [0.4, 0.5) is 0 Å². The van der Waals surface area contributed by atoms with Crippen molar-refractivity contribution >= 4 is 29.9 Å².